The van der Waals surface area contributed by atoms with Crippen LogP contribution in [0.15, 0.2) is 12.8 Å². The Bertz CT molecular complexity index is 52.0. The first-order valence-corrected chi connectivity index (χ1v) is 2.38. The van der Waals surface area contributed by atoms with Crippen molar-refractivity contribution in [2.24, 2.45) is 5.73 Å². The number of hydrogen-bond donors (Lipinski definition) is 2. The third kappa shape index (κ3) is 3.33. The van der Waals surface area contributed by atoms with E-state index in [9.17, 15) is 0 Å². The molecule has 0 bridgehead atoms. The van der Waals surface area contributed by atoms with Crippen LogP contribution in [0.25, 0.3) is 0 Å². The van der Waals surface area contributed by atoms with Crippen LogP contribution >= 0.6 is 0 Å². The maximum Gasteiger partial charge on any atom is 0.0349 e. The maximum atomic E-state index is 5.25. The van der Waals surface area contributed by atoms with Gasteiger partial charge in [0.05, 0.1) is 0 Å². The lowest BCUT2D eigenvalue weighted by Crippen LogP contribution is -2.28. The monoisotopic (exact) mass is 100 g/mol. The van der Waals surface area contributed by atoms with Crippen LogP contribution in [-0.2, 0) is 0 Å². The van der Waals surface area contributed by atoms with E-state index in [0.29, 0.717) is 12.6 Å². The number of nitrogens with two attached hydrogens (primary N) is 1. The minimum absolute atomic E-state index is 0.359. The van der Waals surface area contributed by atoms with Crippen LogP contribution in [0, 0.1) is 0 Å². The van der Waals surface area contributed by atoms with Crippen molar-refractivity contribution >= 4 is 0 Å². The minimum atomic E-state index is 0.359. The van der Waals surface area contributed by atoms with Crippen LogP contribution in [0.1, 0.15) is 6.92 Å². The van der Waals surface area contributed by atoms with Crippen molar-refractivity contribution in [1.82, 2.24) is 5.32 Å². The van der Waals surface area contributed by atoms with Crippen LogP contribution in [-0.4, -0.2) is 12.6 Å². The van der Waals surface area contributed by atoms with Crippen LogP contribution in [0.4, 0.5) is 0 Å². The molecule has 1 atom stereocenters. The van der Waals surface area contributed by atoms with Gasteiger partial charge in [0.15, 0.2) is 0 Å². The number of hydrogen-bond acceptors (Lipinski definition) is 2. The Morgan fingerprint density at radius 3 is 2.71 bits per heavy atom. The van der Waals surface area contributed by atoms with Gasteiger partial charge in [0.2, 0.25) is 0 Å². The van der Waals surface area contributed by atoms with Gasteiger partial charge in [-0.15, -0.1) is 0 Å². The SMILES string of the molecule is C=CNC(C)CN. The van der Waals surface area contributed by atoms with E-state index in [-0.39, 0.29) is 0 Å². The highest BCUT2D eigenvalue weighted by atomic mass is 14.9. The van der Waals surface area contributed by atoms with E-state index in [1.165, 1.54) is 0 Å². The third-order valence-electron chi connectivity index (χ3n) is 0.756. The molecule has 3 N–H and O–H groups in total. The Balaban J connectivity index is 2.98. The highest BCUT2D eigenvalue weighted by Crippen LogP contribution is 1.71. The van der Waals surface area contributed by atoms with Gasteiger partial charge >= 0.3 is 0 Å². The fraction of sp³-hybridized carbons (Fsp3) is 0.600. The first kappa shape index (κ1) is 6.50. The molecule has 2 heteroatoms. The van der Waals surface area contributed by atoms with Crippen molar-refractivity contribution in [1.29, 1.82) is 0 Å². The van der Waals surface area contributed by atoms with Gasteiger partial charge in [-0.1, -0.05) is 6.58 Å². The number of rotatable bonds is 3. The van der Waals surface area contributed by atoms with Crippen molar-refractivity contribution in [2.75, 3.05) is 6.54 Å². The highest BCUT2D eigenvalue weighted by Gasteiger charge is 1.88. The topological polar surface area (TPSA) is 38.0 Å². The van der Waals surface area contributed by atoms with Gasteiger partial charge < -0.3 is 11.1 Å². The Hall–Kier alpha value is -0.500. The molecule has 0 aliphatic carbocycles. The van der Waals surface area contributed by atoms with Crippen LogP contribution in [0.5, 0.6) is 0 Å². The second kappa shape index (κ2) is 3.68. The van der Waals surface area contributed by atoms with E-state index in [0.717, 1.165) is 0 Å². The van der Waals surface area contributed by atoms with Crippen LogP contribution < -0.4 is 11.1 Å². The molecular weight excluding hydrogens is 88.1 g/mol. The second-order valence-electron chi connectivity index (χ2n) is 1.51. The molecule has 0 aliphatic heterocycles. The third-order valence-corrected chi connectivity index (χ3v) is 0.756. The molecule has 7 heavy (non-hydrogen) atoms. The van der Waals surface area contributed by atoms with Crippen LogP contribution in [0.3, 0.4) is 0 Å². The van der Waals surface area contributed by atoms with Gasteiger partial charge in [-0.25, -0.2) is 0 Å². The molecule has 0 spiro atoms. The fourth-order valence-electron chi connectivity index (χ4n) is 0.269. The lowest BCUT2D eigenvalue weighted by Gasteiger charge is -2.05. The van der Waals surface area contributed by atoms with E-state index in [1.807, 2.05) is 6.92 Å². The first-order valence-electron chi connectivity index (χ1n) is 2.38. The zero-order valence-corrected chi connectivity index (χ0v) is 4.65. The Morgan fingerprint density at radius 2 is 2.57 bits per heavy atom. The van der Waals surface area contributed by atoms with Crippen molar-refractivity contribution in [3.63, 3.8) is 0 Å². The van der Waals surface area contributed by atoms with Crippen molar-refractivity contribution in [3.05, 3.63) is 12.8 Å². The van der Waals surface area contributed by atoms with E-state index < -0.39 is 0 Å². The first-order chi connectivity index (χ1) is 3.31. The average molecular weight is 100 g/mol. The molecule has 42 valence electrons. The van der Waals surface area contributed by atoms with E-state index in [4.69, 9.17) is 5.73 Å². The van der Waals surface area contributed by atoms with E-state index >= 15 is 0 Å². The largest absolute Gasteiger partial charge is 0.388 e. The summed E-state index contributed by atoms with van der Waals surface area (Å²) in [5, 5.41) is 2.93. The smallest absolute Gasteiger partial charge is 0.0349 e. The zero-order chi connectivity index (χ0) is 5.70. The normalized spacial score (nSPS) is 12.9. The van der Waals surface area contributed by atoms with Gasteiger partial charge in [-0.3, -0.25) is 0 Å². The average Bonchev–Trinajstić information content (AvgIpc) is 1.68. The fourth-order valence-corrected chi connectivity index (χ4v) is 0.269. The summed E-state index contributed by atoms with van der Waals surface area (Å²) in [7, 11) is 0. The van der Waals surface area contributed by atoms with Gasteiger partial charge in [0, 0.05) is 12.6 Å². The predicted octanol–water partition coefficient (Wildman–Crippen LogP) is 0.0667. The molecule has 0 aromatic rings. The standard InChI is InChI=1S/C5H12N2/c1-3-7-5(2)4-6/h3,5,7H,1,4,6H2,2H3. The Kier molecular flexibility index (Phi) is 3.42. The molecule has 0 saturated heterocycles. The van der Waals surface area contributed by atoms with E-state index in [1.54, 1.807) is 6.20 Å². The molecule has 0 rings (SSSR count). The molecule has 0 saturated carbocycles. The van der Waals surface area contributed by atoms with E-state index in [2.05, 4.69) is 11.9 Å². The summed E-state index contributed by atoms with van der Waals surface area (Å²) in [5.41, 5.74) is 5.25. The molecule has 1 unspecified atom stereocenters. The summed E-state index contributed by atoms with van der Waals surface area (Å²) in [4.78, 5) is 0. The number of nitrogens with one attached hydrogen (secondary N) is 1. The molecular formula is C5H12N2. The van der Waals surface area contributed by atoms with Gasteiger partial charge in [-0.05, 0) is 13.1 Å². The van der Waals surface area contributed by atoms with Gasteiger partial charge in [0.1, 0.15) is 0 Å². The maximum absolute atomic E-state index is 5.25. The summed E-state index contributed by atoms with van der Waals surface area (Å²) in [6, 6.07) is 0.359. The molecule has 0 fully saturated rings. The predicted molar refractivity (Wildman–Crippen MR) is 31.8 cm³/mol. The summed E-state index contributed by atoms with van der Waals surface area (Å²) in [6.45, 7) is 6.14. The van der Waals surface area contributed by atoms with Gasteiger partial charge in [0.25, 0.3) is 0 Å². The summed E-state index contributed by atoms with van der Waals surface area (Å²) in [6.07, 6.45) is 1.65. The summed E-state index contributed by atoms with van der Waals surface area (Å²) >= 11 is 0. The highest BCUT2D eigenvalue weighted by molar-refractivity contribution is 4.69. The molecule has 2 nitrogen and oxygen atoms in total. The van der Waals surface area contributed by atoms with Crippen molar-refractivity contribution in [3.8, 4) is 0 Å². The second-order valence-corrected chi connectivity index (χ2v) is 1.51. The molecule has 0 aromatic heterocycles. The van der Waals surface area contributed by atoms with Crippen molar-refractivity contribution in [2.45, 2.75) is 13.0 Å². The molecule has 0 radical (unpaired) electrons. The lowest BCUT2D eigenvalue weighted by molar-refractivity contribution is 0.650. The quantitative estimate of drug-likeness (QED) is 0.526. The molecule has 0 aromatic carbocycles. The van der Waals surface area contributed by atoms with Crippen LogP contribution in [0.2, 0.25) is 0 Å². The van der Waals surface area contributed by atoms with Crippen molar-refractivity contribution < 1.29 is 0 Å². The molecule has 0 aliphatic rings. The molecule has 0 amide bonds. The molecule has 0 heterocycles. The van der Waals surface area contributed by atoms with Gasteiger partial charge in [-0.2, -0.15) is 0 Å². The summed E-state index contributed by atoms with van der Waals surface area (Å²) in [5.74, 6) is 0. The lowest BCUT2D eigenvalue weighted by atomic mass is 10.3. The Morgan fingerprint density at radius 1 is 2.00 bits per heavy atom. The Labute approximate surface area is 44.4 Å². The minimum Gasteiger partial charge on any atom is -0.388 e. The summed E-state index contributed by atoms with van der Waals surface area (Å²) < 4.78 is 0. The zero-order valence-electron chi connectivity index (χ0n) is 4.65.